The van der Waals surface area contributed by atoms with E-state index in [1.165, 1.54) is 13.5 Å². The lowest BCUT2D eigenvalue weighted by atomic mass is 10.0. The predicted molar refractivity (Wildman–Crippen MR) is 81.2 cm³/mol. The first-order valence-corrected chi connectivity index (χ1v) is 7.29. The number of benzene rings is 1. The number of para-hydroxylation sites is 1. The van der Waals surface area contributed by atoms with Crippen LogP contribution in [0.1, 0.15) is 30.1 Å². The number of methoxy groups -OCH3 is 1. The maximum atomic E-state index is 12.1. The van der Waals surface area contributed by atoms with Gasteiger partial charge in [-0.05, 0) is 37.4 Å². The predicted octanol–water partition coefficient (Wildman–Crippen LogP) is 2.14. The number of ether oxygens (including phenoxy) is 1. The number of hydrogen-bond donors (Lipinski definition) is 1. The van der Waals surface area contributed by atoms with Crippen LogP contribution in [0.25, 0.3) is 0 Å². The van der Waals surface area contributed by atoms with Crippen LogP contribution in [-0.2, 0) is 9.53 Å². The second kappa shape index (κ2) is 7.22. The Labute approximate surface area is 125 Å². The van der Waals surface area contributed by atoms with E-state index in [1.807, 2.05) is 0 Å². The van der Waals surface area contributed by atoms with Gasteiger partial charge in [0.2, 0.25) is 5.91 Å². The van der Waals surface area contributed by atoms with E-state index in [1.54, 1.807) is 24.3 Å². The van der Waals surface area contributed by atoms with Gasteiger partial charge in [0.15, 0.2) is 0 Å². The average molecular weight is 290 g/mol. The van der Waals surface area contributed by atoms with Gasteiger partial charge in [0.05, 0.1) is 24.9 Å². The highest BCUT2D eigenvalue weighted by Gasteiger charge is 2.19. The minimum absolute atomic E-state index is 0.0968. The number of hydrogen-bond acceptors (Lipinski definition) is 4. The number of nitrogens with zero attached hydrogens (tertiary/aromatic N) is 1. The van der Waals surface area contributed by atoms with E-state index >= 15 is 0 Å². The van der Waals surface area contributed by atoms with Gasteiger partial charge in [-0.15, -0.1) is 0 Å². The molecule has 1 N–H and O–H groups in total. The summed E-state index contributed by atoms with van der Waals surface area (Å²) >= 11 is 0. The van der Waals surface area contributed by atoms with Crippen LogP contribution in [-0.4, -0.2) is 43.5 Å². The Morgan fingerprint density at radius 1 is 1.38 bits per heavy atom. The zero-order chi connectivity index (χ0) is 15.2. The highest BCUT2D eigenvalue weighted by molar-refractivity contribution is 6.01. The van der Waals surface area contributed by atoms with Crippen molar-refractivity contribution in [1.82, 2.24) is 4.90 Å². The molecule has 1 fully saturated rings. The van der Waals surface area contributed by atoms with Crippen LogP contribution in [0, 0.1) is 5.92 Å². The maximum absolute atomic E-state index is 12.1. The molecule has 1 atom stereocenters. The molecule has 0 aromatic heterocycles. The highest BCUT2D eigenvalue weighted by atomic mass is 16.5. The van der Waals surface area contributed by atoms with Gasteiger partial charge in [0.25, 0.3) is 0 Å². The van der Waals surface area contributed by atoms with Crippen LogP contribution >= 0.6 is 0 Å². The number of likely N-dealkylation sites (tertiary alicyclic amines) is 1. The average Bonchev–Trinajstić information content (AvgIpc) is 2.47. The third-order valence-corrected chi connectivity index (χ3v) is 3.71. The maximum Gasteiger partial charge on any atom is 0.339 e. The molecule has 0 aliphatic carbocycles. The molecule has 2 rings (SSSR count). The molecule has 1 aromatic carbocycles. The van der Waals surface area contributed by atoms with E-state index in [4.69, 9.17) is 4.74 Å². The number of carbonyl (C=O) groups is 2. The third-order valence-electron chi connectivity index (χ3n) is 3.71. The zero-order valence-corrected chi connectivity index (χ0v) is 12.6. The SMILES string of the molecule is COC(=O)c1ccccc1NC(=O)CN1CCCC(C)C1. The van der Waals surface area contributed by atoms with Crippen LogP contribution in [0.5, 0.6) is 0 Å². The van der Waals surface area contributed by atoms with Gasteiger partial charge < -0.3 is 10.1 Å². The first-order valence-electron chi connectivity index (χ1n) is 7.29. The first kappa shape index (κ1) is 15.5. The summed E-state index contributed by atoms with van der Waals surface area (Å²) in [5.74, 6) is 0.0897. The Hall–Kier alpha value is -1.88. The molecule has 0 radical (unpaired) electrons. The molecule has 5 nitrogen and oxygen atoms in total. The summed E-state index contributed by atoms with van der Waals surface area (Å²) in [6.07, 6.45) is 2.36. The summed E-state index contributed by atoms with van der Waals surface area (Å²) < 4.78 is 4.72. The monoisotopic (exact) mass is 290 g/mol. The molecule has 0 saturated carbocycles. The molecule has 0 bridgehead atoms. The Bertz CT molecular complexity index is 516. The lowest BCUT2D eigenvalue weighted by Crippen LogP contribution is -2.39. The lowest BCUT2D eigenvalue weighted by Gasteiger charge is -2.30. The number of amides is 1. The number of rotatable bonds is 4. The minimum Gasteiger partial charge on any atom is -0.465 e. The van der Waals surface area contributed by atoms with Crippen LogP contribution in [0.4, 0.5) is 5.69 Å². The van der Waals surface area contributed by atoms with Crippen molar-refractivity contribution in [3.63, 3.8) is 0 Å². The van der Waals surface area contributed by atoms with Crippen molar-refractivity contribution < 1.29 is 14.3 Å². The fraction of sp³-hybridized carbons (Fsp3) is 0.500. The molecule has 5 heteroatoms. The molecular formula is C16H22N2O3. The Balaban J connectivity index is 1.98. The van der Waals surface area contributed by atoms with Crippen molar-refractivity contribution in [3.05, 3.63) is 29.8 Å². The topological polar surface area (TPSA) is 58.6 Å². The van der Waals surface area contributed by atoms with Gasteiger partial charge in [-0.1, -0.05) is 19.1 Å². The van der Waals surface area contributed by atoms with Crippen LogP contribution in [0.2, 0.25) is 0 Å². The molecule has 1 saturated heterocycles. The first-order chi connectivity index (χ1) is 10.1. The van der Waals surface area contributed by atoms with Gasteiger partial charge in [-0.3, -0.25) is 9.69 Å². The highest BCUT2D eigenvalue weighted by Crippen LogP contribution is 2.17. The Morgan fingerprint density at radius 2 is 2.14 bits per heavy atom. The summed E-state index contributed by atoms with van der Waals surface area (Å²) in [4.78, 5) is 26.0. The largest absolute Gasteiger partial charge is 0.465 e. The van der Waals surface area contributed by atoms with Gasteiger partial charge in [0, 0.05) is 6.54 Å². The van der Waals surface area contributed by atoms with Crippen LogP contribution in [0.3, 0.4) is 0 Å². The molecule has 1 heterocycles. The molecule has 1 aliphatic heterocycles. The smallest absolute Gasteiger partial charge is 0.339 e. The Morgan fingerprint density at radius 3 is 2.86 bits per heavy atom. The van der Waals surface area contributed by atoms with Gasteiger partial charge >= 0.3 is 5.97 Å². The van der Waals surface area contributed by atoms with E-state index in [-0.39, 0.29) is 5.91 Å². The summed E-state index contributed by atoms with van der Waals surface area (Å²) in [5.41, 5.74) is 0.875. The minimum atomic E-state index is -0.447. The number of nitrogens with one attached hydrogen (secondary N) is 1. The standard InChI is InChI=1S/C16H22N2O3/c1-12-6-5-9-18(10-12)11-15(19)17-14-8-4-3-7-13(14)16(20)21-2/h3-4,7-8,12H,5-6,9-11H2,1-2H3,(H,17,19). The van der Waals surface area contributed by atoms with Crippen molar-refractivity contribution in [2.75, 3.05) is 32.1 Å². The quantitative estimate of drug-likeness (QED) is 0.863. The molecule has 1 unspecified atom stereocenters. The van der Waals surface area contributed by atoms with Crippen molar-refractivity contribution >= 4 is 17.6 Å². The molecule has 1 amide bonds. The summed E-state index contributed by atoms with van der Waals surface area (Å²) in [5, 5.41) is 2.81. The van der Waals surface area contributed by atoms with E-state index in [0.29, 0.717) is 23.7 Å². The van der Waals surface area contributed by atoms with Gasteiger partial charge in [-0.25, -0.2) is 4.79 Å². The summed E-state index contributed by atoms with van der Waals surface area (Å²) in [6, 6.07) is 6.88. The fourth-order valence-corrected chi connectivity index (χ4v) is 2.70. The molecule has 0 spiro atoms. The zero-order valence-electron chi connectivity index (χ0n) is 12.6. The lowest BCUT2D eigenvalue weighted by molar-refractivity contribution is -0.117. The van der Waals surface area contributed by atoms with Crippen molar-refractivity contribution in [2.45, 2.75) is 19.8 Å². The van der Waals surface area contributed by atoms with Crippen LogP contribution < -0.4 is 5.32 Å². The molecular weight excluding hydrogens is 268 g/mol. The number of carbonyl (C=O) groups excluding carboxylic acids is 2. The number of piperidine rings is 1. The molecule has 21 heavy (non-hydrogen) atoms. The summed E-state index contributed by atoms with van der Waals surface area (Å²) in [7, 11) is 1.33. The molecule has 114 valence electrons. The second-order valence-electron chi connectivity index (χ2n) is 5.57. The van der Waals surface area contributed by atoms with Crippen molar-refractivity contribution in [3.8, 4) is 0 Å². The second-order valence-corrected chi connectivity index (χ2v) is 5.57. The van der Waals surface area contributed by atoms with E-state index < -0.39 is 5.97 Å². The van der Waals surface area contributed by atoms with E-state index in [9.17, 15) is 9.59 Å². The van der Waals surface area contributed by atoms with Crippen LogP contribution in [0.15, 0.2) is 24.3 Å². The number of anilines is 1. The molecule has 1 aromatic rings. The molecule has 1 aliphatic rings. The van der Waals surface area contributed by atoms with E-state index in [0.717, 1.165) is 19.5 Å². The summed E-state index contributed by atoms with van der Waals surface area (Å²) in [6.45, 7) is 4.47. The van der Waals surface area contributed by atoms with Gasteiger partial charge in [-0.2, -0.15) is 0 Å². The Kier molecular flexibility index (Phi) is 5.33. The van der Waals surface area contributed by atoms with Gasteiger partial charge in [0.1, 0.15) is 0 Å². The third kappa shape index (κ3) is 4.29. The fourth-order valence-electron chi connectivity index (χ4n) is 2.70. The van der Waals surface area contributed by atoms with Crippen molar-refractivity contribution in [1.29, 1.82) is 0 Å². The van der Waals surface area contributed by atoms with Crippen molar-refractivity contribution in [2.24, 2.45) is 5.92 Å². The van der Waals surface area contributed by atoms with E-state index in [2.05, 4.69) is 17.1 Å². The normalized spacial score (nSPS) is 19.0. The number of esters is 1.